The Morgan fingerprint density at radius 3 is 2.19 bits per heavy atom. The standard InChI is InChI=1S/C16H26/c1-9(2)13-8-14-11-5-6-12(7-11)16(14)15(13)10(3)4/h5-6,9-16H,7-8H2,1-4H3. The Hall–Kier alpha value is -0.260. The zero-order valence-corrected chi connectivity index (χ0v) is 11.2. The van der Waals surface area contributed by atoms with E-state index in [1.807, 2.05) is 0 Å². The van der Waals surface area contributed by atoms with Gasteiger partial charge >= 0.3 is 0 Å². The number of hydrogen-bond acceptors (Lipinski definition) is 0. The summed E-state index contributed by atoms with van der Waals surface area (Å²) in [5, 5.41) is 0. The largest absolute Gasteiger partial charge is 0.0848 e. The molecule has 0 heterocycles. The van der Waals surface area contributed by atoms with Crippen molar-refractivity contribution in [2.24, 2.45) is 47.3 Å². The van der Waals surface area contributed by atoms with Crippen LogP contribution in [0.5, 0.6) is 0 Å². The molecule has 0 amide bonds. The smallest absolute Gasteiger partial charge is 0.0194 e. The van der Waals surface area contributed by atoms with E-state index in [4.69, 9.17) is 0 Å². The summed E-state index contributed by atoms with van der Waals surface area (Å²) in [4.78, 5) is 0. The summed E-state index contributed by atoms with van der Waals surface area (Å²) in [5.41, 5.74) is 0. The third kappa shape index (κ3) is 1.34. The van der Waals surface area contributed by atoms with Crippen LogP contribution in [0, 0.1) is 47.3 Å². The maximum absolute atomic E-state index is 2.55. The fourth-order valence-electron chi connectivity index (χ4n) is 5.28. The molecule has 2 fully saturated rings. The van der Waals surface area contributed by atoms with Crippen LogP contribution in [-0.4, -0.2) is 0 Å². The highest BCUT2D eigenvalue weighted by Gasteiger charge is 2.55. The van der Waals surface area contributed by atoms with Crippen LogP contribution in [0.4, 0.5) is 0 Å². The van der Waals surface area contributed by atoms with Crippen molar-refractivity contribution in [2.45, 2.75) is 40.5 Å². The van der Waals surface area contributed by atoms with Gasteiger partial charge in [-0.05, 0) is 60.2 Å². The van der Waals surface area contributed by atoms with Gasteiger partial charge in [-0.3, -0.25) is 0 Å². The van der Waals surface area contributed by atoms with Crippen molar-refractivity contribution in [2.75, 3.05) is 0 Å². The number of allylic oxidation sites excluding steroid dienone is 2. The lowest BCUT2D eigenvalue weighted by atomic mass is 9.72. The molecule has 6 unspecified atom stereocenters. The molecule has 0 aromatic heterocycles. The van der Waals surface area contributed by atoms with E-state index in [0.717, 1.165) is 47.3 Å². The molecule has 0 aromatic carbocycles. The van der Waals surface area contributed by atoms with E-state index in [9.17, 15) is 0 Å². The Morgan fingerprint density at radius 2 is 1.56 bits per heavy atom. The fourth-order valence-corrected chi connectivity index (χ4v) is 5.28. The highest BCUT2D eigenvalue weighted by molar-refractivity contribution is 5.18. The van der Waals surface area contributed by atoms with Crippen LogP contribution in [-0.2, 0) is 0 Å². The molecule has 0 aromatic rings. The third-order valence-corrected chi connectivity index (χ3v) is 5.80. The highest BCUT2D eigenvalue weighted by Crippen LogP contribution is 2.62. The Morgan fingerprint density at radius 1 is 0.875 bits per heavy atom. The van der Waals surface area contributed by atoms with Gasteiger partial charge in [0.05, 0.1) is 0 Å². The van der Waals surface area contributed by atoms with Crippen LogP contribution in [0.1, 0.15) is 40.5 Å². The fraction of sp³-hybridized carbons (Fsp3) is 0.875. The quantitative estimate of drug-likeness (QED) is 0.604. The first-order valence-electron chi connectivity index (χ1n) is 7.28. The minimum Gasteiger partial charge on any atom is -0.0848 e. The molecule has 3 rings (SSSR count). The summed E-state index contributed by atoms with van der Waals surface area (Å²) >= 11 is 0. The van der Waals surface area contributed by atoms with Gasteiger partial charge in [-0.2, -0.15) is 0 Å². The lowest BCUT2D eigenvalue weighted by Crippen LogP contribution is -2.27. The lowest BCUT2D eigenvalue weighted by Gasteiger charge is -2.33. The first-order valence-corrected chi connectivity index (χ1v) is 7.28. The third-order valence-electron chi connectivity index (χ3n) is 5.80. The molecule has 0 aliphatic heterocycles. The van der Waals surface area contributed by atoms with Gasteiger partial charge in [-0.25, -0.2) is 0 Å². The molecule has 16 heavy (non-hydrogen) atoms. The molecule has 0 radical (unpaired) electrons. The van der Waals surface area contributed by atoms with E-state index in [-0.39, 0.29) is 0 Å². The molecule has 0 nitrogen and oxygen atoms in total. The Bertz CT molecular complexity index is 299. The molecular weight excluding hydrogens is 192 g/mol. The van der Waals surface area contributed by atoms with E-state index < -0.39 is 0 Å². The first-order chi connectivity index (χ1) is 7.59. The average Bonchev–Trinajstić information content (AvgIpc) is 2.87. The van der Waals surface area contributed by atoms with Gasteiger partial charge in [-0.15, -0.1) is 0 Å². The van der Waals surface area contributed by atoms with Crippen molar-refractivity contribution in [3.8, 4) is 0 Å². The Kier molecular flexibility index (Phi) is 2.46. The molecule has 6 atom stereocenters. The molecule has 3 aliphatic carbocycles. The van der Waals surface area contributed by atoms with Crippen LogP contribution in [0.15, 0.2) is 12.2 Å². The van der Waals surface area contributed by atoms with Crippen molar-refractivity contribution in [1.29, 1.82) is 0 Å². The van der Waals surface area contributed by atoms with Crippen molar-refractivity contribution in [1.82, 2.24) is 0 Å². The average molecular weight is 218 g/mol. The topological polar surface area (TPSA) is 0 Å². The lowest BCUT2D eigenvalue weighted by molar-refractivity contribution is 0.166. The van der Waals surface area contributed by atoms with Crippen LogP contribution in [0.3, 0.4) is 0 Å². The van der Waals surface area contributed by atoms with Gasteiger partial charge in [-0.1, -0.05) is 39.8 Å². The summed E-state index contributed by atoms with van der Waals surface area (Å²) in [6, 6.07) is 0. The van der Waals surface area contributed by atoms with Crippen LogP contribution < -0.4 is 0 Å². The zero-order valence-electron chi connectivity index (χ0n) is 11.2. The first kappa shape index (κ1) is 10.9. The molecule has 0 spiro atoms. The number of fused-ring (bicyclic) bond motifs is 5. The summed E-state index contributed by atoms with van der Waals surface area (Å²) < 4.78 is 0. The van der Waals surface area contributed by atoms with Gasteiger partial charge < -0.3 is 0 Å². The summed E-state index contributed by atoms with van der Waals surface area (Å²) in [6.45, 7) is 9.79. The SMILES string of the molecule is CC(C)C1CC2C3C=CC(C3)C2C1C(C)C. The van der Waals surface area contributed by atoms with E-state index in [1.54, 1.807) is 0 Å². The maximum atomic E-state index is 2.55. The van der Waals surface area contributed by atoms with Crippen molar-refractivity contribution >= 4 is 0 Å². The second kappa shape index (κ2) is 3.62. The second-order valence-corrected chi connectivity index (χ2v) is 7.15. The normalized spacial score (nSPS) is 49.6. The van der Waals surface area contributed by atoms with Crippen LogP contribution in [0.2, 0.25) is 0 Å². The van der Waals surface area contributed by atoms with Crippen molar-refractivity contribution < 1.29 is 0 Å². The second-order valence-electron chi connectivity index (χ2n) is 7.15. The van der Waals surface area contributed by atoms with Crippen molar-refractivity contribution in [3.05, 3.63) is 12.2 Å². The minimum atomic E-state index is 0.884. The van der Waals surface area contributed by atoms with Gasteiger partial charge in [0.15, 0.2) is 0 Å². The van der Waals surface area contributed by atoms with Gasteiger partial charge in [0.2, 0.25) is 0 Å². The molecule has 2 saturated carbocycles. The molecule has 3 aliphatic rings. The molecule has 0 saturated heterocycles. The summed E-state index contributed by atoms with van der Waals surface area (Å²) in [7, 11) is 0. The van der Waals surface area contributed by atoms with E-state index in [2.05, 4.69) is 39.8 Å². The van der Waals surface area contributed by atoms with E-state index in [1.165, 1.54) is 12.8 Å². The summed E-state index contributed by atoms with van der Waals surface area (Å²) in [5.74, 6) is 7.78. The maximum Gasteiger partial charge on any atom is -0.0194 e. The zero-order chi connectivity index (χ0) is 11.4. The summed E-state index contributed by atoms with van der Waals surface area (Å²) in [6.07, 6.45) is 8.09. The van der Waals surface area contributed by atoms with Crippen LogP contribution >= 0.6 is 0 Å². The highest BCUT2D eigenvalue weighted by atomic mass is 14.6. The number of rotatable bonds is 2. The van der Waals surface area contributed by atoms with Crippen molar-refractivity contribution in [3.63, 3.8) is 0 Å². The molecular formula is C16H26. The minimum absolute atomic E-state index is 0.884. The Balaban J connectivity index is 1.89. The molecule has 2 bridgehead atoms. The Labute approximate surface area is 101 Å². The van der Waals surface area contributed by atoms with E-state index in [0.29, 0.717) is 0 Å². The predicted octanol–water partition coefficient (Wildman–Crippen LogP) is 4.37. The molecule has 90 valence electrons. The van der Waals surface area contributed by atoms with Gasteiger partial charge in [0.1, 0.15) is 0 Å². The van der Waals surface area contributed by atoms with Crippen LogP contribution in [0.25, 0.3) is 0 Å². The van der Waals surface area contributed by atoms with Gasteiger partial charge in [0.25, 0.3) is 0 Å². The molecule has 0 heteroatoms. The van der Waals surface area contributed by atoms with E-state index >= 15 is 0 Å². The van der Waals surface area contributed by atoms with Gasteiger partial charge in [0, 0.05) is 0 Å². The monoisotopic (exact) mass is 218 g/mol. The molecule has 0 N–H and O–H groups in total. The predicted molar refractivity (Wildman–Crippen MR) is 69.0 cm³/mol. The number of hydrogen-bond donors (Lipinski definition) is 0.